The van der Waals surface area contributed by atoms with E-state index in [-0.39, 0.29) is 13.0 Å². The van der Waals surface area contributed by atoms with Gasteiger partial charge in [0.05, 0.1) is 5.41 Å². The monoisotopic (exact) mass is 275 g/mol. The number of alkyl halides is 2. The van der Waals surface area contributed by atoms with Gasteiger partial charge in [0.2, 0.25) is 0 Å². The Morgan fingerprint density at radius 1 is 1.40 bits per heavy atom. The van der Waals surface area contributed by atoms with Gasteiger partial charge in [-0.15, -0.1) is 0 Å². The number of hydrogen-bond acceptors (Lipinski definition) is 1. The molecular weight excluding hydrogens is 264 g/mol. The highest BCUT2D eigenvalue weighted by molar-refractivity contribution is 9.10. The van der Waals surface area contributed by atoms with Crippen LogP contribution >= 0.6 is 15.9 Å². The van der Waals surface area contributed by atoms with Crippen LogP contribution in [-0.4, -0.2) is 12.5 Å². The molecule has 0 spiro atoms. The van der Waals surface area contributed by atoms with Crippen LogP contribution in [0, 0.1) is 6.92 Å². The Balaban J connectivity index is 2.46. The van der Waals surface area contributed by atoms with E-state index in [1.807, 2.05) is 13.0 Å². The highest BCUT2D eigenvalue weighted by Crippen LogP contribution is 2.61. The molecule has 1 saturated carbocycles. The molecule has 0 radical (unpaired) electrons. The number of benzene rings is 1. The number of rotatable bonds is 2. The van der Waals surface area contributed by atoms with E-state index in [1.165, 1.54) is 0 Å². The minimum atomic E-state index is -2.64. The summed E-state index contributed by atoms with van der Waals surface area (Å²) in [6.07, 6.45) is -0.133. The van der Waals surface area contributed by atoms with Gasteiger partial charge in [-0.05, 0) is 30.2 Å². The lowest BCUT2D eigenvalue weighted by Gasteiger charge is -2.15. The molecule has 4 heteroatoms. The fourth-order valence-electron chi connectivity index (χ4n) is 2.00. The van der Waals surface area contributed by atoms with Crippen molar-refractivity contribution < 1.29 is 8.78 Å². The van der Waals surface area contributed by atoms with Crippen LogP contribution in [0.25, 0.3) is 0 Å². The molecule has 0 aromatic heterocycles. The van der Waals surface area contributed by atoms with Crippen molar-refractivity contribution in [1.29, 1.82) is 0 Å². The maximum Gasteiger partial charge on any atom is 0.260 e. The average molecular weight is 276 g/mol. The van der Waals surface area contributed by atoms with Crippen molar-refractivity contribution in [2.45, 2.75) is 24.7 Å². The molecule has 0 aliphatic heterocycles. The zero-order valence-electron chi connectivity index (χ0n) is 8.36. The lowest BCUT2D eigenvalue weighted by atomic mass is 9.94. The maximum absolute atomic E-state index is 13.3. The summed E-state index contributed by atoms with van der Waals surface area (Å²) in [6, 6.07) is 5.42. The first kappa shape index (κ1) is 11.0. The van der Waals surface area contributed by atoms with E-state index < -0.39 is 11.3 Å². The molecule has 82 valence electrons. The smallest absolute Gasteiger partial charge is 0.260 e. The zero-order valence-corrected chi connectivity index (χ0v) is 9.94. The third-order valence-electron chi connectivity index (χ3n) is 3.04. The SMILES string of the molecule is Cc1cc(Br)cc(C2(CN)CC2(F)F)c1. The minimum absolute atomic E-state index is 0.00407. The third kappa shape index (κ3) is 1.60. The van der Waals surface area contributed by atoms with Gasteiger partial charge in [-0.25, -0.2) is 8.78 Å². The van der Waals surface area contributed by atoms with Crippen molar-refractivity contribution in [2.24, 2.45) is 5.73 Å². The predicted molar refractivity (Wildman–Crippen MR) is 59.2 cm³/mol. The summed E-state index contributed by atoms with van der Waals surface area (Å²) in [5.74, 6) is -2.64. The number of aryl methyl sites for hydroxylation is 1. The molecule has 2 rings (SSSR count). The molecule has 1 atom stereocenters. The Morgan fingerprint density at radius 2 is 2.00 bits per heavy atom. The number of halogens is 3. The summed E-state index contributed by atoms with van der Waals surface area (Å²) >= 11 is 3.31. The summed E-state index contributed by atoms with van der Waals surface area (Å²) < 4.78 is 27.4. The highest BCUT2D eigenvalue weighted by Gasteiger charge is 2.71. The van der Waals surface area contributed by atoms with Crippen LogP contribution in [-0.2, 0) is 5.41 Å². The lowest BCUT2D eigenvalue weighted by molar-refractivity contribution is 0.0896. The van der Waals surface area contributed by atoms with Crippen LogP contribution in [0.1, 0.15) is 17.5 Å². The van der Waals surface area contributed by atoms with Crippen molar-refractivity contribution >= 4 is 15.9 Å². The van der Waals surface area contributed by atoms with E-state index in [0.29, 0.717) is 5.56 Å². The first-order chi connectivity index (χ1) is 6.91. The molecule has 0 heterocycles. The van der Waals surface area contributed by atoms with Crippen molar-refractivity contribution in [3.8, 4) is 0 Å². The largest absolute Gasteiger partial charge is 0.329 e. The van der Waals surface area contributed by atoms with Crippen molar-refractivity contribution in [3.63, 3.8) is 0 Å². The van der Waals surface area contributed by atoms with Gasteiger partial charge in [0.1, 0.15) is 0 Å². The predicted octanol–water partition coefficient (Wildman–Crippen LogP) is 2.99. The van der Waals surface area contributed by atoms with Gasteiger partial charge < -0.3 is 5.73 Å². The fourth-order valence-corrected chi connectivity index (χ4v) is 2.61. The van der Waals surface area contributed by atoms with E-state index >= 15 is 0 Å². The van der Waals surface area contributed by atoms with E-state index in [4.69, 9.17) is 5.73 Å². The van der Waals surface area contributed by atoms with Gasteiger partial charge in [-0.2, -0.15) is 0 Å². The summed E-state index contributed by atoms with van der Waals surface area (Å²) in [4.78, 5) is 0. The molecule has 15 heavy (non-hydrogen) atoms. The van der Waals surface area contributed by atoms with Gasteiger partial charge in [0.25, 0.3) is 5.92 Å². The molecule has 1 aliphatic carbocycles. The molecule has 1 fully saturated rings. The van der Waals surface area contributed by atoms with Crippen molar-refractivity contribution in [2.75, 3.05) is 6.54 Å². The zero-order chi connectivity index (χ0) is 11.3. The van der Waals surface area contributed by atoms with E-state index in [2.05, 4.69) is 15.9 Å². The molecule has 0 bridgehead atoms. The van der Waals surface area contributed by atoms with Gasteiger partial charge in [0, 0.05) is 17.4 Å². The Labute approximate surface area is 95.8 Å². The summed E-state index contributed by atoms with van der Waals surface area (Å²) in [7, 11) is 0. The topological polar surface area (TPSA) is 26.0 Å². The Kier molecular flexibility index (Phi) is 2.39. The first-order valence-electron chi connectivity index (χ1n) is 4.77. The Bertz CT molecular complexity index is 385. The van der Waals surface area contributed by atoms with Crippen molar-refractivity contribution in [1.82, 2.24) is 0 Å². The quantitative estimate of drug-likeness (QED) is 0.882. The van der Waals surface area contributed by atoms with Crippen molar-refractivity contribution in [3.05, 3.63) is 33.8 Å². The second-order valence-corrected chi connectivity index (χ2v) is 5.10. The second-order valence-electron chi connectivity index (χ2n) is 4.18. The van der Waals surface area contributed by atoms with Gasteiger partial charge >= 0.3 is 0 Å². The molecule has 1 nitrogen and oxygen atoms in total. The Hall–Kier alpha value is -0.480. The second kappa shape index (κ2) is 3.25. The molecule has 1 aliphatic rings. The maximum atomic E-state index is 13.3. The highest BCUT2D eigenvalue weighted by atomic mass is 79.9. The standard InChI is InChI=1S/C11H12BrF2N/c1-7-2-8(4-9(12)3-7)10(6-15)5-11(10,13)14/h2-4H,5-6,15H2,1H3. The normalized spacial score (nSPS) is 27.8. The molecule has 1 unspecified atom stereocenters. The summed E-state index contributed by atoms with van der Waals surface area (Å²) in [5.41, 5.74) is 5.97. The molecule has 0 saturated heterocycles. The fraction of sp³-hybridized carbons (Fsp3) is 0.455. The van der Waals surface area contributed by atoms with E-state index in [1.54, 1.807) is 12.1 Å². The van der Waals surface area contributed by atoms with Crippen LogP contribution in [0.4, 0.5) is 8.78 Å². The third-order valence-corrected chi connectivity index (χ3v) is 3.50. The summed E-state index contributed by atoms with van der Waals surface area (Å²) in [5, 5.41) is 0. The van der Waals surface area contributed by atoms with Crippen LogP contribution in [0.15, 0.2) is 22.7 Å². The average Bonchev–Trinajstić information content (AvgIpc) is 2.68. The van der Waals surface area contributed by atoms with Crippen LogP contribution in [0.2, 0.25) is 0 Å². The van der Waals surface area contributed by atoms with Crippen LogP contribution < -0.4 is 5.73 Å². The molecule has 1 aromatic carbocycles. The molecule has 0 amide bonds. The molecular formula is C11H12BrF2N. The Morgan fingerprint density at radius 3 is 2.40 bits per heavy atom. The van der Waals surface area contributed by atoms with E-state index in [9.17, 15) is 8.78 Å². The van der Waals surface area contributed by atoms with Gasteiger partial charge in [-0.3, -0.25) is 0 Å². The summed E-state index contributed by atoms with van der Waals surface area (Å²) in [6.45, 7) is 1.88. The van der Waals surface area contributed by atoms with Gasteiger partial charge in [0.15, 0.2) is 0 Å². The number of hydrogen-bond donors (Lipinski definition) is 1. The van der Waals surface area contributed by atoms with Gasteiger partial charge in [-0.1, -0.05) is 22.0 Å². The first-order valence-corrected chi connectivity index (χ1v) is 5.56. The minimum Gasteiger partial charge on any atom is -0.329 e. The molecule has 1 aromatic rings. The lowest BCUT2D eigenvalue weighted by Crippen LogP contribution is -2.26. The van der Waals surface area contributed by atoms with Crippen LogP contribution in [0.5, 0.6) is 0 Å². The molecule has 2 N–H and O–H groups in total. The van der Waals surface area contributed by atoms with E-state index in [0.717, 1.165) is 10.0 Å². The number of nitrogens with two attached hydrogens (primary N) is 1. The van der Waals surface area contributed by atoms with Crippen LogP contribution in [0.3, 0.4) is 0 Å².